The molecule has 2 unspecified atom stereocenters. The van der Waals surface area contributed by atoms with Crippen LogP contribution >= 0.6 is 0 Å². The zero-order chi connectivity index (χ0) is 43.1. The summed E-state index contributed by atoms with van der Waals surface area (Å²) in [5, 5.41) is 14.9. The van der Waals surface area contributed by atoms with Crippen molar-refractivity contribution in [3.05, 3.63) is 72.1 Å². The van der Waals surface area contributed by atoms with Gasteiger partial charge in [-0.2, -0.15) is 0 Å². The van der Waals surface area contributed by atoms with Crippen molar-refractivity contribution in [3.63, 3.8) is 0 Å². The molecular weight excluding hydrogens is 777 g/mol. The first kappa shape index (κ1) is 43.3. The molecule has 18 nitrogen and oxygen atoms in total. The molecule has 320 valence electrons. The van der Waals surface area contributed by atoms with Gasteiger partial charge in [0.1, 0.15) is 23.7 Å². The lowest BCUT2D eigenvalue weighted by atomic mass is 10.0. The van der Waals surface area contributed by atoms with E-state index in [1.807, 2.05) is 54.7 Å². The molecule has 2 fully saturated rings. The number of nitrogens with one attached hydrogen (secondary N) is 4. The summed E-state index contributed by atoms with van der Waals surface area (Å²) < 4.78 is 20.3. The maximum absolute atomic E-state index is 13.8. The van der Waals surface area contributed by atoms with E-state index in [1.54, 1.807) is 23.6 Å². The molecule has 2 aromatic heterocycles. The molecule has 60 heavy (non-hydrogen) atoms. The Hall–Kier alpha value is -6.27. The number of H-pyrrole nitrogens is 2. The van der Waals surface area contributed by atoms with E-state index in [0.717, 1.165) is 23.1 Å². The number of hydrogen-bond donors (Lipinski definition) is 5. The molecule has 6 atom stereocenters. The van der Waals surface area contributed by atoms with Gasteiger partial charge in [0.2, 0.25) is 11.8 Å². The van der Waals surface area contributed by atoms with Crippen molar-refractivity contribution >= 4 is 30.0 Å². The molecule has 4 aromatic rings. The molecule has 4 heterocycles. The van der Waals surface area contributed by atoms with Crippen LogP contribution in [0.15, 0.2) is 54.7 Å². The topological polar surface area (TPSA) is 230 Å². The molecule has 2 aliphatic heterocycles. The molecule has 0 bridgehead atoms. The van der Waals surface area contributed by atoms with Crippen molar-refractivity contribution in [1.29, 1.82) is 0 Å². The standard InChI is InChI=1S/C42H52N8O10/c1-23(57-3)34(47-41(55)59-5)39(53)49-19-7-9-31(49)37-43-22-30(45-37)27-15-11-25(12-16-27)26-13-17-28(18-14-26)36-29(21-33(51)52)44-38(46-36)32-10-8-20-50(32)40(54)35(24(2)58-4)48-42(56)60-6/h11-18,22-24,31-32,34-35H,7-10,19-21H2,1-6H3,(H,43,45)(H,44,46)(H,47,55)(H,48,56)(H,51,52)/t23?,24?,31-,32-,34-,35-/m0/s1. The minimum Gasteiger partial charge on any atom is -0.481 e. The van der Waals surface area contributed by atoms with Crippen LogP contribution in [-0.4, -0.2) is 131 Å². The number of amides is 4. The molecular formula is C42H52N8O10. The van der Waals surface area contributed by atoms with Crippen LogP contribution in [0.25, 0.3) is 33.6 Å². The fourth-order valence-electron chi connectivity index (χ4n) is 7.81. The Morgan fingerprint density at radius 1 is 0.717 bits per heavy atom. The number of carboxylic acids is 1. The average Bonchev–Trinajstić information content (AvgIpc) is 4.10. The first-order valence-electron chi connectivity index (χ1n) is 19.8. The van der Waals surface area contributed by atoms with Gasteiger partial charge >= 0.3 is 18.2 Å². The first-order valence-corrected chi connectivity index (χ1v) is 19.8. The smallest absolute Gasteiger partial charge is 0.407 e. The number of hydrogen-bond acceptors (Lipinski definition) is 11. The number of likely N-dealkylation sites (tertiary alicyclic amines) is 2. The Morgan fingerprint density at radius 2 is 1.18 bits per heavy atom. The number of aliphatic carboxylic acids is 1. The van der Waals surface area contributed by atoms with Crippen LogP contribution in [0, 0.1) is 0 Å². The summed E-state index contributed by atoms with van der Waals surface area (Å²) in [5.74, 6) is -0.559. The predicted molar refractivity (Wildman–Crippen MR) is 217 cm³/mol. The number of carbonyl (C=O) groups excluding carboxylic acids is 4. The first-order chi connectivity index (χ1) is 28.9. The molecule has 0 aliphatic carbocycles. The fourth-order valence-corrected chi connectivity index (χ4v) is 7.81. The lowest BCUT2D eigenvalue weighted by Gasteiger charge is -2.30. The number of carboxylic acid groups (broad SMARTS) is 1. The van der Waals surface area contributed by atoms with E-state index in [-0.39, 0.29) is 24.3 Å². The lowest BCUT2D eigenvalue weighted by Crippen LogP contribution is -2.54. The number of ether oxygens (including phenoxy) is 4. The second kappa shape index (κ2) is 19.2. The number of nitrogens with zero attached hydrogens (tertiary/aromatic N) is 4. The van der Waals surface area contributed by atoms with E-state index in [1.165, 1.54) is 28.4 Å². The summed E-state index contributed by atoms with van der Waals surface area (Å²) in [5.41, 5.74) is 5.05. The monoisotopic (exact) mass is 828 g/mol. The van der Waals surface area contributed by atoms with Crippen molar-refractivity contribution in [3.8, 4) is 33.6 Å². The highest BCUT2D eigenvalue weighted by Crippen LogP contribution is 2.36. The average molecular weight is 829 g/mol. The third kappa shape index (κ3) is 9.44. The van der Waals surface area contributed by atoms with Gasteiger partial charge < -0.3 is 54.5 Å². The Labute approximate surface area is 347 Å². The third-order valence-corrected chi connectivity index (χ3v) is 11.2. The van der Waals surface area contributed by atoms with Gasteiger partial charge in [0.15, 0.2) is 0 Å². The van der Waals surface area contributed by atoms with Crippen LogP contribution in [0.4, 0.5) is 9.59 Å². The molecule has 2 saturated heterocycles. The van der Waals surface area contributed by atoms with E-state index < -0.39 is 48.5 Å². The van der Waals surface area contributed by atoms with Crippen LogP contribution in [0.1, 0.15) is 69.0 Å². The van der Waals surface area contributed by atoms with Crippen molar-refractivity contribution in [2.75, 3.05) is 41.5 Å². The SMILES string of the molecule is COC(=O)N[C@H](C(=O)N1CCC[C@H]1c1nc(-c2ccc(-c3ccc(-c4nc([C@@H]5CCCN5C(=O)[C@@H](NC(=O)OC)C(C)OC)[nH]c4CC(=O)O)cc3)cc2)c[nH]1)C(C)OC. The quantitative estimate of drug-likeness (QED) is 0.111. The zero-order valence-corrected chi connectivity index (χ0v) is 34.5. The van der Waals surface area contributed by atoms with Gasteiger partial charge in [-0.3, -0.25) is 14.4 Å². The third-order valence-electron chi connectivity index (χ3n) is 11.2. The number of imidazole rings is 2. The molecule has 2 aromatic carbocycles. The largest absolute Gasteiger partial charge is 0.481 e. The van der Waals surface area contributed by atoms with Crippen LogP contribution in [0.3, 0.4) is 0 Å². The summed E-state index contributed by atoms with van der Waals surface area (Å²) in [4.78, 5) is 83.0. The van der Waals surface area contributed by atoms with E-state index in [0.29, 0.717) is 66.6 Å². The second-order valence-corrected chi connectivity index (χ2v) is 14.8. The lowest BCUT2D eigenvalue weighted by molar-refractivity contribution is -0.138. The van der Waals surface area contributed by atoms with Gasteiger partial charge in [-0.15, -0.1) is 0 Å². The summed E-state index contributed by atoms with van der Waals surface area (Å²) in [6.07, 6.45) is 1.58. The molecule has 6 rings (SSSR count). The van der Waals surface area contributed by atoms with Gasteiger partial charge in [-0.05, 0) is 50.7 Å². The second-order valence-electron chi connectivity index (χ2n) is 14.8. The van der Waals surface area contributed by atoms with Crippen molar-refractivity contribution in [2.45, 2.75) is 82.3 Å². The summed E-state index contributed by atoms with van der Waals surface area (Å²) in [6, 6.07) is 12.9. The zero-order valence-electron chi connectivity index (χ0n) is 34.5. The number of methoxy groups -OCH3 is 4. The number of carbonyl (C=O) groups is 5. The number of rotatable bonds is 15. The van der Waals surface area contributed by atoms with Crippen molar-refractivity contribution in [1.82, 2.24) is 40.4 Å². The molecule has 4 amide bonds. The summed E-state index contributed by atoms with van der Waals surface area (Å²) >= 11 is 0. The fraction of sp³-hybridized carbons (Fsp3) is 0.452. The van der Waals surface area contributed by atoms with Crippen LogP contribution < -0.4 is 10.6 Å². The van der Waals surface area contributed by atoms with E-state index in [9.17, 15) is 29.1 Å². The number of alkyl carbamates (subject to hydrolysis) is 2. The number of aromatic amines is 2. The van der Waals surface area contributed by atoms with E-state index >= 15 is 0 Å². The Bertz CT molecular complexity index is 2150. The minimum atomic E-state index is -1.03. The normalized spacial score (nSPS) is 18.4. The predicted octanol–water partition coefficient (Wildman–Crippen LogP) is 4.61. The van der Waals surface area contributed by atoms with Crippen LogP contribution in [0.5, 0.6) is 0 Å². The molecule has 0 spiro atoms. The van der Waals surface area contributed by atoms with Crippen molar-refractivity contribution < 1.29 is 48.0 Å². The highest BCUT2D eigenvalue weighted by atomic mass is 16.5. The highest BCUT2D eigenvalue weighted by Gasteiger charge is 2.40. The Balaban J connectivity index is 1.17. The highest BCUT2D eigenvalue weighted by molar-refractivity contribution is 5.88. The van der Waals surface area contributed by atoms with Crippen molar-refractivity contribution in [2.24, 2.45) is 0 Å². The molecule has 0 radical (unpaired) electrons. The summed E-state index contributed by atoms with van der Waals surface area (Å²) in [7, 11) is 5.39. The molecule has 0 saturated carbocycles. The molecule has 5 N–H and O–H groups in total. The minimum absolute atomic E-state index is 0.277. The Morgan fingerprint density at radius 3 is 1.65 bits per heavy atom. The maximum Gasteiger partial charge on any atom is 0.407 e. The number of benzene rings is 2. The Kier molecular flexibility index (Phi) is 13.9. The van der Waals surface area contributed by atoms with Gasteiger partial charge in [-0.1, -0.05) is 48.5 Å². The van der Waals surface area contributed by atoms with Gasteiger partial charge in [-0.25, -0.2) is 19.6 Å². The van der Waals surface area contributed by atoms with Crippen LogP contribution in [0.2, 0.25) is 0 Å². The van der Waals surface area contributed by atoms with E-state index in [4.69, 9.17) is 28.9 Å². The number of aromatic nitrogens is 4. The molecule has 2 aliphatic rings. The molecule has 18 heteroatoms. The van der Waals surface area contributed by atoms with Gasteiger partial charge in [0.25, 0.3) is 0 Å². The van der Waals surface area contributed by atoms with Gasteiger partial charge in [0.05, 0.1) is 62.0 Å². The van der Waals surface area contributed by atoms with Gasteiger partial charge in [0, 0.05) is 44.6 Å². The maximum atomic E-state index is 13.8. The van der Waals surface area contributed by atoms with E-state index in [2.05, 4.69) is 20.6 Å². The van der Waals surface area contributed by atoms with Crippen LogP contribution in [-0.2, 0) is 39.8 Å². The summed E-state index contributed by atoms with van der Waals surface area (Å²) in [6.45, 7) is 4.33.